The third-order valence-electron chi connectivity index (χ3n) is 8.27. The van der Waals surface area contributed by atoms with Crippen LogP contribution in [0.4, 0.5) is 28.7 Å². The maximum atomic E-state index is 13.5. The van der Waals surface area contributed by atoms with E-state index in [2.05, 4.69) is 66.6 Å². The molecule has 1 amide bonds. The van der Waals surface area contributed by atoms with Crippen molar-refractivity contribution in [1.82, 2.24) is 20.2 Å². The molecule has 0 spiro atoms. The lowest BCUT2D eigenvalue weighted by Crippen LogP contribution is -2.48. The molecule has 1 aromatic heterocycles. The van der Waals surface area contributed by atoms with Crippen LogP contribution in [0, 0.1) is 0 Å². The summed E-state index contributed by atoms with van der Waals surface area (Å²) >= 11 is 12.6. The Hall–Kier alpha value is -4.09. The molecular weight excluding hydrogens is 623 g/mol. The topological polar surface area (TPSA) is 97.9 Å². The molecular formula is C34H38Cl2N8O2. The van der Waals surface area contributed by atoms with Gasteiger partial charge in [-0.1, -0.05) is 29.3 Å². The van der Waals surface area contributed by atoms with Gasteiger partial charge in [0.25, 0.3) is 5.91 Å². The van der Waals surface area contributed by atoms with Gasteiger partial charge in [0.05, 0.1) is 15.7 Å². The van der Waals surface area contributed by atoms with Crippen LogP contribution in [-0.4, -0.2) is 79.2 Å². The van der Waals surface area contributed by atoms with Crippen LogP contribution >= 0.6 is 23.2 Å². The molecule has 6 rings (SSSR count). The number of ether oxygens (including phenoxy) is 1. The summed E-state index contributed by atoms with van der Waals surface area (Å²) in [6, 6.07) is 21.5. The molecule has 10 nitrogen and oxygen atoms in total. The van der Waals surface area contributed by atoms with Crippen molar-refractivity contribution < 1.29 is 9.53 Å². The van der Waals surface area contributed by atoms with Gasteiger partial charge in [-0.25, -0.2) is 4.98 Å². The van der Waals surface area contributed by atoms with E-state index < -0.39 is 5.91 Å². The fourth-order valence-corrected chi connectivity index (χ4v) is 6.09. The molecule has 2 aliphatic heterocycles. The number of hydrogen-bond acceptors (Lipinski definition) is 9. The van der Waals surface area contributed by atoms with Crippen LogP contribution in [0.1, 0.15) is 24.2 Å². The molecule has 2 aliphatic rings. The molecule has 2 fully saturated rings. The number of nitrogens with one attached hydrogen (secondary N) is 3. The monoisotopic (exact) mass is 660 g/mol. The van der Waals surface area contributed by atoms with Gasteiger partial charge in [-0.15, -0.1) is 0 Å². The number of carbonyl (C=O) groups is 1. The first-order chi connectivity index (χ1) is 22.3. The first-order valence-electron chi connectivity index (χ1n) is 15.6. The summed E-state index contributed by atoms with van der Waals surface area (Å²) in [5.74, 6) is 0.414. The molecule has 3 aromatic carbocycles. The zero-order valence-corrected chi connectivity index (χ0v) is 27.5. The number of aromatic nitrogens is 2. The van der Waals surface area contributed by atoms with Crippen molar-refractivity contribution in [2.45, 2.75) is 19.9 Å². The van der Waals surface area contributed by atoms with Crippen molar-refractivity contribution in [1.29, 1.82) is 0 Å². The van der Waals surface area contributed by atoms with Crippen LogP contribution in [-0.2, 0) is 0 Å². The molecule has 0 atom stereocenters. The lowest BCUT2D eigenvalue weighted by molar-refractivity contribution is 0.102. The van der Waals surface area contributed by atoms with Crippen LogP contribution < -0.4 is 30.5 Å². The van der Waals surface area contributed by atoms with E-state index >= 15 is 0 Å². The fraction of sp³-hybridized carbons (Fsp3) is 0.324. The van der Waals surface area contributed by atoms with Crippen molar-refractivity contribution >= 4 is 57.8 Å². The van der Waals surface area contributed by atoms with Gasteiger partial charge in [0, 0.05) is 81.7 Å². The summed E-state index contributed by atoms with van der Waals surface area (Å²) in [5.41, 5.74) is 3.53. The minimum absolute atomic E-state index is 0.0905. The molecule has 4 aromatic rings. The van der Waals surface area contributed by atoms with Gasteiger partial charge in [0.1, 0.15) is 11.3 Å². The first kappa shape index (κ1) is 31.9. The Bertz CT molecular complexity index is 1620. The highest BCUT2D eigenvalue weighted by Gasteiger charge is 2.21. The number of piperazine rings is 2. The zero-order valence-electron chi connectivity index (χ0n) is 26.0. The van der Waals surface area contributed by atoms with Crippen LogP contribution in [0.3, 0.4) is 0 Å². The Balaban J connectivity index is 1.21. The highest BCUT2D eigenvalue weighted by molar-refractivity contribution is 6.40. The second-order valence-electron chi connectivity index (χ2n) is 11.6. The third-order valence-corrected chi connectivity index (χ3v) is 8.90. The standard InChI is InChI=1S/C34H38Cl2N8O2/c1-23(2)42-18-20-44(21-19-42)25-8-6-24(7-9-25)39-34-38-22-28(32(45)40-31-29(35)4-3-5-30(31)36)33(41-34)46-27-12-10-26(11-13-27)43-16-14-37-15-17-43/h3-13,22-23,37H,14-21H2,1-2H3,(H,40,45)(H,38,39,41). The van der Waals surface area contributed by atoms with Gasteiger partial charge in [0.15, 0.2) is 0 Å². The second kappa shape index (κ2) is 14.6. The molecule has 240 valence electrons. The van der Waals surface area contributed by atoms with E-state index in [-0.39, 0.29) is 17.4 Å². The summed E-state index contributed by atoms with van der Waals surface area (Å²) in [6.07, 6.45) is 1.43. The predicted octanol–water partition coefficient (Wildman–Crippen LogP) is 6.51. The quantitative estimate of drug-likeness (QED) is 0.186. The van der Waals surface area contributed by atoms with Gasteiger partial charge < -0.3 is 30.5 Å². The Morgan fingerprint density at radius 3 is 2.09 bits per heavy atom. The normalized spacial score (nSPS) is 15.6. The van der Waals surface area contributed by atoms with Crippen LogP contribution in [0.5, 0.6) is 11.6 Å². The molecule has 0 bridgehead atoms. The van der Waals surface area contributed by atoms with Crippen LogP contribution in [0.25, 0.3) is 0 Å². The van der Waals surface area contributed by atoms with Gasteiger partial charge in [-0.05, 0) is 74.5 Å². The number of para-hydroxylation sites is 1. The SMILES string of the molecule is CC(C)N1CCN(c2ccc(Nc3ncc(C(=O)Nc4c(Cl)cccc4Cl)c(Oc4ccc(N5CCNCC5)cc4)n3)cc2)CC1. The highest BCUT2D eigenvalue weighted by Crippen LogP contribution is 2.32. The number of halogens is 2. The Morgan fingerprint density at radius 2 is 1.46 bits per heavy atom. The molecule has 0 radical (unpaired) electrons. The molecule has 3 heterocycles. The molecule has 46 heavy (non-hydrogen) atoms. The second-order valence-corrected chi connectivity index (χ2v) is 12.4. The van der Waals surface area contributed by atoms with E-state index in [0.717, 1.165) is 63.7 Å². The van der Waals surface area contributed by atoms with Crippen molar-refractivity contribution in [3.8, 4) is 11.6 Å². The zero-order chi connectivity index (χ0) is 32.0. The molecule has 3 N–H and O–H groups in total. The highest BCUT2D eigenvalue weighted by atomic mass is 35.5. The van der Waals surface area contributed by atoms with E-state index in [4.69, 9.17) is 27.9 Å². The van der Waals surface area contributed by atoms with Crippen LogP contribution in [0.15, 0.2) is 72.9 Å². The third kappa shape index (κ3) is 7.64. The molecule has 2 saturated heterocycles. The average Bonchev–Trinajstić information content (AvgIpc) is 3.08. The van der Waals surface area contributed by atoms with E-state index in [9.17, 15) is 4.79 Å². The van der Waals surface area contributed by atoms with Crippen molar-refractivity contribution in [3.05, 3.63) is 88.5 Å². The van der Waals surface area contributed by atoms with E-state index in [1.165, 1.54) is 11.9 Å². The minimum atomic E-state index is -0.504. The van der Waals surface area contributed by atoms with Gasteiger partial charge in [-0.3, -0.25) is 9.69 Å². The van der Waals surface area contributed by atoms with Crippen molar-refractivity contribution in [2.75, 3.05) is 72.8 Å². The van der Waals surface area contributed by atoms with Gasteiger partial charge in [0.2, 0.25) is 11.8 Å². The number of nitrogens with zero attached hydrogens (tertiary/aromatic N) is 5. The lowest BCUT2D eigenvalue weighted by atomic mass is 10.2. The summed E-state index contributed by atoms with van der Waals surface area (Å²) in [6.45, 7) is 12.3. The van der Waals surface area contributed by atoms with Crippen molar-refractivity contribution in [2.24, 2.45) is 0 Å². The number of rotatable bonds is 9. The van der Waals surface area contributed by atoms with E-state index in [0.29, 0.717) is 27.5 Å². The number of anilines is 5. The number of benzene rings is 3. The van der Waals surface area contributed by atoms with Gasteiger partial charge >= 0.3 is 0 Å². The minimum Gasteiger partial charge on any atom is -0.438 e. The maximum Gasteiger partial charge on any atom is 0.262 e. The number of amides is 1. The van der Waals surface area contributed by atoms with Crippen LogP contribution in [0.2, 0.25) is 10.0 Å². The predicted molar refractivity (Wildman–Crippen MR) is 187 cm³/mol. The Labute approximate surface area is 279 Å². The summed E-state index contributed by atoms with van der Waals surface area (Å²) in [5, 5.41) is 10.0. The first-order valence-corrected chi connectivity index (χ1v) is 16.3. The largest absolute Gasteiger partial charge is 0.438 e. The lowest BCUT2D eigenvalue weighted by Gasteiger charge is -2.38. The Kier molecular flexibility index (Phi) is 10.1. The molecule has 12 heteroatoms. The summed E-state index contributed by atoms with van der Waals surface area (Å²) in [7, 11) is 0. The smallest absolute Gasteiger partial charge is 0.262 e. The molecule has 0 unspecified atom stereocenters. The summed E-state index contributed by atoms with van der Waals surface area (Å²) in [4.78, 5) is 29.7. The Morgan fingerprint density at radius 1 is 0.848 bits per heavy atom. The maximum absolute atomic E-state index is 13.5. The van der Waals surface area contributed by atoms with E-state index in [1.807, 2.05) is 36.4 Å². The fourth-order valence-electron chi connectivity index (χ4n) is 5.60. The van der Waals surface area contributed by atoms with Gasteiger partial charge in [-0.2, -0.15) is 4.98 Å². The van der Waals surface area contributed by atoms with Crippen molar-refractivity contribution in [3.63, 3.8) is 0 Å². The summed E-state index contributed by atoms with van der Waals surface area (Å²) < 4.78 is 6.21. The number of hydrogen-bond donors (Lipinski definition) is 3. The average molecular weight is 662 g/mol. The molecule has 0 saturated carbocycles. The number of carbonyl (C=O) groups excluding carboxylic acids is 1. The van der Waals surface area contributed by atoms with E-state index in [1.54, 1.807) is 18.2 Å². The molecule has 0 aliphatic carbocycles.